The van der Waals surface area contributed by atoms with E-state index < -0.39 is 8.07 Å². The number of hydrogen-bond donors (Lipinski definition) is 0. The van der Waals surface area contributed by atoms with Gasteiger partial charge in [0.1, 0.15) is 0 Å². The van der Waals surface area contributed by atoms with E-state index in [0.717, 1.165) is 5.02 Å². The third-order valence-electron chi connectivity index (χ3n) is 5.66. The van der Waals surface area contributed by atoms with Crippen molar-refractivity contribution in [2.75, 3.05) is 0 Å². The molecule has 0 unspecified atom stereocenters. The van der Waals surface area contributed by atoms with Crippen molar-refractivity contribution in [3.05, 3.63) is 96.0 Å². The van der Waals surface area contributed by atoms with Crippen LogP contribution in [-0.2, 0) is 0 Å². The Morgan fingerprint density at radius 1 is 0.500 bits per heavy atom. The van der Waals surface area contributed by atoms with Gasteiger partial charge in [-0.15, -0.1) is 0 Å². The molecule has 0 bridgehead atoms. The molecule has 2 aliphatic rings. The van der Waals surface area contributed by atoms with Gasteiger partial charge in [0.05, 0.1) is 0 Å². The van der Waals surface area contributed by atoms with Crippen molar-refractivity contribution in [1.82, 2.24) is 0 Å². The fourth-order valence-electron chi connectivity index (χ4n) is 4.59. The first kappa shape index (κ1) is 17.0. The highest BCUT2D eigenvalue weighted by Gasteiger charge is 2.50. The van der Waals surface area contributed by atoms with Crippen LogP contribution < -0.4 is 20.7 Å². The molecule has 6 rings (SSSR count). The molecule has 4 heteroatoms. The average Bonchev–Trinajstić information content (AvgIpc) is 2.74. The molecule has 0 N–H and O–H groups in total. The Bertz CT molecular complexity index is 1150. The van der Waals surface area contributed by atoms with Crippen LogP contribution in [0.15, 0.2) is 111 Å². The highest BCUT2D eigenvalue weighted by atomic mass is 35.5. The lowest BCUT2D eigenvalue weighted by Crippen LogP contribution is -2.78. The van der Waals surface area contributed by atoms with Crippen molar-refractivity contribution in [3.8, 4) is 0 Å². The zero-order chi connectivity index (χ0) is 18.7. The van der Waals surface area contributed by atoms with E-state index in [-0.39, 0.29) is 0 Å². The Morgan fingerprint density at radius 3 is 1.43 bits per heavy atom. The van der Waals surface area contributed by atoms with Crippen LogP contribution in [0.5, 0.6) is 0 Å². The summed E-state index contributed by atoms with van der Waals surface area (Å²) in [6, 6.07) is 33.4. The Labute approximate surface area is 179 Å². The highest BCUT2D eigenvalue weighted by molar-refractivity contribution is 8.01. The summed E-state index contributed by atoms with van der Waals surface area (Å²) < 4.78 is 0. The van der Waals surface area contributed by atoms with Crippen LogP contribution in [-0.4, -0.2) is 8.07 Å². The van der Waals surface area contributed by atoms with Crippen molar-refractivity contribution in [2.45, 2.75) is 19.6 Å². The second-order valence-corrected chi connectivity index (χ2v) is 13.3. The predicted octanol–water partition coefficient (Wildman–Crippen LogP) is 4.65. The van der Waals surface area contributed by atoms with Gasteiger partial charge in [-0.05, 0) is 57.1 Å². The number of halogens is 1. The fourth-order valence-corrected chi connectivity index (χ4v) is 14.0. The standard InChI is InChI=1S/C24H15ClS2Si/c25-16-13-14-20-24(15-16)28(23-12-6-3-9-19(23)27-20)21-10-4-1-7-17(21)26-18-8-2-5-11-22(18)28/h1-15H. The van der Waals surface area contributed by atoms with E-state index in [0.29, 0.717) is 0 Å². The molecule has 28 heavy (non-hydrogen) atoms. The Kier molecular flexibility index (Phi) is 3.82. The third kappa shape index (κ3) is 2.22. The molecule has 0 radical (unpaired) electrons. The molecule has 0 atom stereocenters. The summed E-state index contributed by atoms with van der Waals surface area (Å²) in [5, 5.41) is 6.68. The van der Waals surface area contributed by atoms with Crippen molar-refractivity contribution < 1.29 is 0 Å². The summed E-state index contributed by atoms with van der Waals surface area (Å²) in [4.78, 5) is 5.47. The maximum Gasteiger partial charge on any atom is 0.184 e. The molecule has 0 aliphatic carbocycles. The van der Waals surface area contributed by atoms with Gasteiger partial charge in [0, 0.05) is 24.6 Å². The summed E-state index contributed by atoms with van der Waals surface area (Å²) in [5.74, 6) is 0. The third-order valence-corrected chi connectivity index (χ3v) is 13.9. The number of hydrogen-bond acceptors (Lipinski definition) is 2. The first-order valence-corrected chi connectivity index (χ1v) is 13.2. The lowest BCUT2D eigenvalue weighted by molar-refractivity contribution is 1.37. The highest BCUT2D eigenvalue weighted by Crippen LogP contribution is 2.39. The van der Waals surface area contributed by atoms with Gasteiger partial charge in [-0.25, -0.2) is 0 Å². The number of benzene rings is 4. The van der Waals surface area contributed by atoms with E-state index in [1.54, 1.807) is 0 Å². The van der Waals surface area contributed by atoms with Gasteiger partial charge >= 0.3 is 0 Å². The van der Waals surface area contributed by atoms with E-state index in [1.165, 1.54) is 40.3 Å². The first-order chi connectivity index (χ1) is 13.8. The lowest BCUT2D eigenvalue weighted by atomic mass is 10.3. The molecular formula is C24H15ClS2Si. The smallest absolute Gasteiger partial charge is 0.0903 e. The van der Waals surface area contributed by atoms with Crippen LogP contribution >= 0.6 is 35.1 Å². The van der Waals surface area contributed by atoms with E-state index in [1.807, 2.05) is 29.6 Å². The SMILES string of the molecule is Clc1ccc2c(c1)[Si]1(c3ccccc3Sc3ccccc31)c1ccccc1S2. The summed E-state index contributed by atoms with van der Waals surface area (Å²) >= 11 is 10.3. The zero-order valence-corrected chi connectivity index (χ0v) is 18.2. The molecule has 4 aromatic carbocycles. The molecular weight excluding hydrogens is 416 g/mol. The van der Waals surface area contributed by atoms with Crippen LogP contribution in [0, 0.1) is 0 Å². The molecule has 0 amide bonds. The summed E-state index contributed by atoms with van der Waals surface area (Å²) in [5.41, 5.74) is 0. The first-order valence-electron chi connectivity index (χ1n) is 9.23. The van der Waals surface area contributed by atoms with Gasteiger partial charge in [-0.1, -0.05) is 89.7 Å². The second kappa shape index (κ2) is 6.29. The van der Waals surface area contributed by atoms with Gasteiger partial charge in [0.2, 0.25) is 0 Å². The van der Waals surface area contributed by atoms with Gasteiger partial charge in [0.25, 0.3) is 0 Å². The normalized spacial score (nSPS) is 15.3. The van der Waals surface area contributed by atoms with Gasteiger partial charge in [-0.3, -0.25) is 0 Å². The minimum atomic E-state index is -2.41. The number of rotatable bonds is 0. The molecule has 0 fully saturated rings. The molecule has 134 valence electrons. The maximum absolute atomic E-state index is 6.57. The van der Waals surface area contributed by atoms with Crippen molar-refractivity contribution in [1.29, 1.82) is 0 Å². The van der Waals surface area contributed by atoms with Gasteiger partial charge < -0.3 is 0 Å². The maximum atomic E-state index is 6.57. The summed E-state index contributed by atoms with van der Waals surface area (Å²) in [7, 11) is -2.41. The molecule has 2 heterocycles. The average molecular weight is 431 g/mol. The largest absolute Gasteiger partial charge is 0.184 e. The Balaban J connectivity index is 1.85. The summed E-state index contributed by atoms with van der Waals surface area (Å²) in [6.07, 6.45) is 0. The molecule has 2 aliphatic heterocycles. The molecule has 1 spiro atoms. The van der Waals surface area contributed by atoms with Crippen molar-refractivity contribution in [3.63, 3.8) is 0 Å². The van der Waals surface area contributed by atoms with Crippen LogP contribution in [0.3, 0.4) is 0 Å². The van der Waals surface area contributed by atoms with Crippen LogP contribution in [0.1, 0.15) is 0 Å². The fraction of sp³-hybridized carbons (Fsp3) is 0. The second-order valence-electron chi connectivity index (χ2n) is 7.08. The van der Waals surface area contributed by atoms with Crippen molar-refractivity contribution in [2.24, 2.45) is 0 Å². The molecule has 0 aromatic heterocycles. The minimum absolute atomic E-state index is 0.818. The zero-order valence-electron chi connectivity index (χ0n) is 14.9. The van der Waals surface area contributed by atoms with E-state index in [9.17, 15) is 0 Å². The van der Waals surface area contributed by atoms with E-state index in [2.05, 4.69) is 84.9 Å². The lowest BCUT2D eigenvalue weighted by Gasteiger charge is -2.43. The molecule has 4 aromatic rings. The van der Waals surface area contributed by atoms with E-state index in [4.69, 9.17) is 11.6 Å². The van der Waals surface area contributed by atoms with Gasteiger partial charge in [-0.2, -0.15) is 0 Å². The quantitative estimate of drug-likeness (QED) is 0.322. The Morgan fingerprint density at radius 2 is 0.929 bits per heavy atom. The van der Waals surface area contributed by atoms with Crippen LogP contribution in [0.25, 0.3) is 0 Å². The summed E-state index contributed by atoms with van der Waals surface area (Å²) in [6.45, 7) is 0. The van der Waals surface area contributed by atoms with E-state index >= 15 is 0 Å². The predicted molar refractivity (Wildman–Crippen MR) is 123 cm³/mol. The topological polar surface area (TPSA) is 0 Å². The van der Waals surface area contributed by atoms with Crippen molar-refractivity contribution >= 4 is 63.9 Å². The number of fused-ring (bicyclic) bond motifs is 8. The van der Waals surface area contributed by atoms with Crippen LogP contribution in [0.2, 0.25) is 5.02 Å². The molecule has 0 nitrogen and oxygen atoms in total. The molecule has 0 saturated carbocycles. The Hall–Kier alpha value is -1.91. The molecule has 0 saturated heterocycles. The van der Waals surface area contributed by atoms with Crippen LogP contribution in [0.4, 0.5) is 0 Å². The monoisotopic (exact) mass is 430 g/mol. The minimum Gasteiger partial charge on any atom is -0.0903 e. The van der Waals surface area contributed by atoms with Gasteiger partial charge in [0.15, 0.2) is 8.07 Å².